The summed E-state index contributed by atoms with van der Waals surface area (Å²) in [6.07, 6.45) is 3.54. The smallest absolute Gasteiger partial charge is 0.204 e. The molecule has 0 aromatic carbocycles. The first-order valence-electron chi connectivity index (χ1n) is 2.52. The zero-order valence-electron chi connectivity index (χ0n) is 5.20. The van der Waals surface area contributed by atoms with E-state index in [2.05, 4.69) is 10.7 Å². The van der Waals surface area contributed by atoms with Crippen molar-refractivity contribution in [1.29, 1.82) is 0 Å². The van der Waals surface area contributed by atoms with Crippen LogP contribution in [-0.2, 0) is 4.79 Å². The first kappa shape index (κ1) is 8.91. The molecule has 0 aliphatic carbocycles. The van der Waals surface area contributed by atoms with Crippen LogP contribution >= 0.6 is 11.6 Å². The third kappa shape index (κ3) is 5.05. The van der Waals surface area contributed by atoms with Crippen LogP contribution in [0.5, 0.6) is 0 Å². The number of rotatable bonds is 0. The van der Waals surface area contributed by atoms with Gasteiger partial charge in [0.2, 0.25) is 6.41 Å². The van der Waals surface area contributed by atoms with Crippen molar-refractivity contribution in [3.8, 4) is 0 Å². The number of hydrogen-bond acceptors (Lipinski definition) is 2. The van der Waals surface area contributed by atoms with Crippen molar-refractivity contribution in [2.75, 3.05) is 0 Å². The minimum Gasteiger partial charge on any atom is -0.372 e. The van der Waals surface area contributed by atoms with Gasteiger partial charge in [-0.15, -0.1) is 0 Å². The molecule has 0 unspecified atom stereocenters. The lowest BCUT2D eigenvalue weighted by molar-refractivity contribution is -0.106. The molecule has 1 heterocycles. The topological polar surface area (TPSA) is 56.0 Å². The number of pyridine rings is 1. The predicted molar refractivity (Wildman–Crippen MR) is 39.5 cm³/mol. The monoisotopic (exact) mass is 158 g/mol. The van der Waals surface area contributed by atoms with Gasteiger partial charge in [-0.3, -0.25) is 9.78 Å². The maximum atomic E-state index is 8.58. The zero-order chi connectivity index (χ0) is 7.82. The van der Waals surface area contributed by atoms with Crippen molar-refractivity contribution >= 4 is 18.0 Å². The fourth-order valence-corrected chi connectivity index (χ4v) is 0.471. The molecule has 0 atom stereocenters. The van der Waals surface area contributed by atoms with Gasteiger partial charge in [-0.25, -0.2) is 0 Å². The molecule has 1 rings (SSSR count). The summed E-state index contributed by atoms with van der Waals surface area (Å²) in [4.78, 5) is 12.3. The number of amides is 1. The molecule has 3 nitrogen and oxygen atoms in total. The van der Waals surface area contributed by atoms with Gasteiger partial charge in [0.1, 0.15) is 0 Å². The third-order valence-electron chi connectivity index (χ3n) is 0.625. The lowest BCUT2D eigenvalue weighted by Gasteiger charge is -1.79. The van der Waals surface area contributed by atoms with Crippen LogP contribution in [0.3, 0.4) is 0 Å². The van der Waals surface area contributed by atoms with Gasteiger partial charge in [-0.1, -0.05) is 11.6 Å². The maximum absolute atomic E-state index is 8.58. The summed E-state index contributed by atoms with van der Waals surface area (Å²) in [6, 6.07) is 3.58. The number of primary amides is 1. The Morgan fingerprint density at radius 1 is 1.70 bits per heavy atom. The van der Waals surface area contributed by atoms with E-state index in [9.17, 15) is 0 Å². The van der Waals surface area contributed by atoms with Crippen LogP contribution in [0.2, 0.25) is 5.02 Å². The molecule has 0 saturated heterocycles. The van der Waals surface area contributed by atoms with E-state index in [4.69, 9.17) is 16.4 Å². The van der Waals surface area contributed by atoms with E-state index in [1.165, 1.54) is 0 Å². The second kappa shape index (κ2) is 6.04. The Morgan fingerprint density at radius 2 is 2.30 bits per heavy atom. The van der Waals surface area contributed by atoms with Crippen molar-refractivity contribution in [3.05, 3.63) is 29.5 Å². The van der Waals surface area contributed by atoms with E-state index in [1.807, 2.05) is 0 Å². The molecule has 0 aliphatic rings. The van der Waals surface area contributed by atoms with Crippen LogP contribution in [0, 0.1) is 0 Å². The molecule has 2 N–H and O–H groups in total. The van der Waals surface area contributed by atoms with Crippen LogP contribution in [0.25, 0.3) is 0 Å². The van der Waals surface area contributed by atoms with E-state index in [1.54, 1.807) is 24.5 Å². The summed E-state index contributed by atoms with van der Waals surface area (Å²) in [5, 5.41) is 0.683. The van der Waals surface area contributed by atoms with Crippen LogP contribution in [-0.4, -0.2) is 11.4 Å². The Morgan fingerprint density at radius 3 is 2.50 bits per heavy atom. The molecule has 0 radical (unpaired) electrons. The van der Waals surface area contributed by atoms with Crippen LogP contribution < -0.4 is 5.73 Å². The average molecular weight is 159 g/mol. The summed E-state index contributed by atoms with van der Waals surface area (Å²) in [6.45, 7) is 0. The Bertz CT molecular complexity index is 178. The highest BCUT2D eigenvalue weighted by Crippen LogP contribution is 2.00. The van der Waals surface area contributed by atoms with Gasteiger partial charge in [-0.05, 0) is 12.1 Å². The summed E-state index contributed by atoms with van der Waals surface area (Å²) in [5.41, 5.74) is 4.17. The standard InChI is InChI=1S/C5H4ClN.CH3NO/c6-5-2-1-3-7-4-5;2-1-3/h1-4H;1H,(H2,2,3). The second-order valence-corrected chi connectivity index (χ2v) is 1.74. The second-order valence-electron chi connectivity index (χ2n) is 1.31. The molecule has 1 amide bonds. The van der Waals surface area contributed by atoms with Crippen molar-refractivity contribution in [2.45, 2.75) is 0 Å². The molecule has 0 bridgehead atoms. The summed E-state index contributed by atoms with van der Waals surface area (Å²) >= 11 is 5.48. The summed E-state index contributed by atoms with van der Waals surface area (Å²) < 4.78 is 0. The first-order valence-corrected chi connectivity index (χ1v) is 2.90. The van der Waals surface area contributed by atoms with E-state index in [0.29, 0.717) is 5.02 Å². The highest BCUT2D eigenvalue weighted by molar-refractivity contribution is 6.30. The fraction of sp³-hybridized carbons (Fsp3) is 0. The van der Waals surface area contributed by atoms with Crippen molar-refractivity contribution in [3.63, 3.8) is 0 Å². The minimum absolute atomic E-state index is 0.250. The summed E-state index contributed by atoms with van der Waals surface area (Å²) in [7, 11) is 0. The van der Waals surface area contributed by atoms with Gasteiger partial charge in [0, 0.05) is 12.4 Å². The van der Waals surface area contributed by atoms with E-state index >= 15 is 0 Å². The summed E-state index contributed by atoms with van der Waals surface area (Å²) in [5.74, 6) is 0. The molecule has 0 saturated carbocycles. The van der Waals surface area contributed by atoms with E-state index in [-0.39, 0.29) is 6.41 Å². The molecular formula is C6H7ClN2O. The lowest BCUT2D eigenvalue weighted by atomic mass is 10.5. The molecule has 0 spiro atoms. The van der Waals surface area contributed by atoms with Gasteiger partial charge in [0.25, 0.3) is 0 Å². The third-order valence-corrected chi connectivity index (χ3v) is 0.849. The number of nitrogens with zero attached hydrogens (tertiary/aromatic N) is 1. The SMILES string of the molecule is Clc1cccnc1.NC=O. The van der Waals surface area contributed by atoms with Gasteiger partial charge in [0.05, 0.1) is 5.02 Å². The van der Waals surface area contributed by atoms with Crippen LogP contribution in [0.15, 0.2) is 24.5 Å². The first-order chi connectivity index (χ1) is 4.81. The number of carbonyl (C=O) groups excluding carboxylic acids is 1. The predicted octanol–water partition coefficient (Wildman–Crippen LogP) is 0.836. The number of aromatic nitrogens is 1. The number of hydrogen-bond donors (Lipinski definition) is 1. The maximum Gasteiger partial charge on any atom is 0.204 e. The highest BCUT2D eigenvalue weighted by atomic mass is 35.5. The quantitative estimate of drug-likeness (QED) is 0.569. The molecular weight excluding hydrogens is 152 g/mol. The van der Waals surface area contributed by atoms with Gasteiger partial charge < -0.3 is 5.73 Å². The van der Waals surface area contributed by atoms with Crippen molar-refractivity contribution < 1.29 is 4.79 Å². The van der Waals surface area contributed by atoms with E-state index in [0.717, 1.165) is 0 Å². The zero-order valence-corrected chi connectivity index (χ0v) is 5.95. The Balaban J connectivity index is 0.000000236. The Kier molecular flexibility index (Phi) is 5.38. The molecule has 1 aromatic heterocycles. The Labute approximate surface area is 63.8 Å². The number of carbonyl (C=O) groups is 1. The van der Waals surface area contributed by atoms with Crippen molar-refractivity contribution in [1.82, 2.24) is 4.98 Å². The van der Waals surface area contributed by atoms with Crippen LogP contribution in [0.1, 0.15) is 0 Å². The lowest BCUT2D eigenvalue weighted by Crippen LogP contribution is -1.82. The van der Waals surface area contributed by atoms with Gasteiger partial charge in [0.15, 0.2) is 0 Å². The van der Waals surface area contributed by atoms with Crippen molar-refractivity contribution in [2.24, 2.45) is 5.73 Å². The average Bonchev–Trinajstić information content (AvgIpc) is 1.91. The molecule has 10 heavy (non-hydrogen) atoms. The normalized spacial score (nSPS) is 7.30. The van der Waals surface area contributed by atoms with E-state index < -0.39 is 0 Å². The van der Waals surface area contributed by atoms with Gasteiger partial charge in [-0.2, -0.15) is 0 Å². The molecule has 4 heteroatoms. The number of nitrogens with two attached hydrogens (primary N) is 1. The van der Waals surface area contributed by atoms with Gasteiger partial charge >= 0.3 is 0 Å². The molecule has 54 valence electrons. The Hall–Kier alpha value is -1.09. The molecule has 0 aliphatic heterocycles. The largest absolute Gasteiger partial charge is 0.372 e. The fourth-order valence-electron chi connectivity index (χ4n) is 0.342. The minimum atomic E-state index is 0.250. The molecule has 1 aromatic rings. The number of halogens is 1. The highest BCUT2D eigenvalue weighted by Gasteiger charge is 1.76. The molecule has 0 fully saturated rings. The van der Waals surface area contributed by atoms with Crippen LogP contribution in [0.4, 0.5) is 0 Å².